The van der Waals surface area contributed by atoms with E-state index in [1.165, 1.54) is 0 Å². The van der Waals surface area contributed by atoms with Gasteiger partial charge in [0.15, 0.2) is 0 Å². The van der Waals surface area contributed by atoms with E-state index in [9.17, 15) is 9.59 Å². The highest BCUT2D eigenvalue weighted by Crippen LogP contribution is 2.16. The van der Waals surface area contributed by atoms with Gasteiger partial charge in [-0.25, -0.2) is 0 Å². The molecule has 0 aliphatic carbocycles. The van der Waals surface area contributed by atoms with Crippen LogP contribution in [0.15, 0.2) is 18.2 Å². The Hall–Kier alpha value is -1.88. The third-order valence-electron chi connectivity index (χ3n) is 3.02. The molecule has 0 saturated carbocycles. The van der Waals surface area contributed by atoms with Crippen molar-refractivity contribution in [3.8, 4) is 0 Å². The number of rotatable bonds is 7. The predicted octanol–water partition coefficient (Wildman–Crippen LogP) is 2.28. The van der Waals surface area contributed by atoms with Crippen molar-refractivity contribution in [2.75, 3.05) is 25.0 Å². The fourth-order valence-corrected chi connectivity index (χ4v) is 2.16. The van der Waals surface area contributed by atoms with Crippen LogP contribution in [-0.2, 0) is 9.59 Å². The molecular weight excluding hydrogens is 268 g/mol. The lowest BCUT2D eigenvalue weighted by Crippen LogP contribution is -2.39. The van der Waals surface area contributed by atoms with Gasteiger partial charge >= 0.3 is 5.97 Å². The minimum atomic E-state index is -0.921. The lowest BCUT2D eigenvalue weighted by molar-refractivity contribution is -0.138. The summed E-state index contributed by atoms with van der Waals surface area (Å²) >= 11 is 0. The van der Waals surface area contributed by atoms with Crippen molar-refractivity contribution >= 4 is 17.6 Å². The molecule has 1 aromatic rings. The summed E-state index contributed by atoms with van der Waals surface area (Å²) in [7, 11) is 0. The van der Waals surface area contributed by atoms with Crippen molar-refractivity contribution in [1.82, 2.24) is 4.90 Å². The summed E-state index contributed by atoms with van der Waals surface area (Å²) in [6.45, 7) is 8.42. The average Bonchev–Trinajstić information content (AvgIpc) is 2.31. The zero-order valence-corrected chi connectivity index (χ0v) is 13.1. The van der Waals surface area contributed by atoms with Gasteiger partial charge in [0, 0.05) is 12.2 Å². The molecule has 2 N–H and O–H groups in total. The second kappa shape index (κ2) is 7.78. The van der Waals surface area contributed by atoms with Gasteiger partial charge in [-0.2, -0.15) is 0 Å². The SMILES string of the molecule is Cc1ccc(C)c(NC(=O)CN(CC(=O)O)CC(C)C)c1. The predicted molar refractivity (Wildman–Crippen MR) is 83.5 cm³/mol. The van der Waals surface area contributed by atoms with E-state index in [1.807, 2.05) is 45.9 Å². The van der Waals surface area contributed by atoms with Crippen LogP contribution in [0.1, 0.15) is 25.0 Å². The highest BCUT2D eigenvalue weighted by molar-refractivity contribution is 5.93. The number of carboxylic acids is 1. The topological polar surface area (TPSA) is 69.6 Å². The van der Waals surface area contributed by atoms with Gasteiger partial charge < -0.3 is 10.4 Å². The van der Waals surface area contributed by atoms with Crippen LogP contribution in [-0.4, -0.2) is 41.5 Å². The summed E-state index contributed by atoms with van der Waals surface area (Å²) in [6.07, 6.45) is 0. The van der Waals surface area contributed by atoms with Crippen LogP contribution in [0.5, 0.6) is 0 Å². The van der Waals surface area contributed by atoms with E-state index >= 15 is 0 Å². The van der Waals surface area contributed by atoms with Gasteiger partial charge in [0.1, 0.15) is 0 Å². The number of carboxylic acid groups (broad SMARTS) is 1. The molecule has 5 heteroatoms. The summed E-state index contributed by atoms with van der Waals surface area (Å²) in [5.41, 5.74) is 2.84. The van der Waals surface area contributed by atoms with Crippen molar-refractivity contribution in [3.05, 3.63) is 29.3 Å². The Morgan fingerprint density at radius 3 is 2.48 bits per heavy atom. The van der Waals surface area contributed by atoms with Crippen LogP contribution in [0.25, 0.3) is 0 Å². The molecule has 21 heavy (non-hydrogen) atoms. The molecule has 0 radical (unpaired) electrons. The summed E-state index contributed by atoms with van der Waals surface area (Å²) in [6, 6.07) is 5.85. The number of carbonyl (C=O) groups excluding carboxylic acids is 1. The second-order valence-corrected chi connectivity index (χ2v) is 5.82. The summed E-state index contributed by atoms with van der Waals surface area (Å²) < 4.78 is 0. The fourth-order valence-electron chi connectivity index (χ4n) is 2.16. The number of aryl methyl sites for hydroxylation is 2. The molecule has 5 nitrogen and oxygen atoms in total. The maximum Gasteiger partial charge on any atom is 0.317 e. The number of aliphatic carboxylic acids is 1. The van der Waals surface area contributed by atoms with Crippen LogP contribution >= 0.6 is 0 Å². The van der Waals surface area contributed by atoms with Gasteiger partial charge in [0.25, 0.3) is 0 Å². The first-order valence-electron chi connectivity index (χ1n) is 7.09. The molecule has 0 fully saturated rings. The Balaban J connectivity index is 2.68. The maximum atomic E-state index is 12.1. The van der Waals surface area contributed by atoms with Crippen LogP contribution in [0, 0.1) is 19.8 Å². The number of hydrogen-bond donors (Lipinski definition) is 2. The minimum Gasteiger partial charge on any atom is -0.480 e. The molecule has 0 aromatic heterocycles. The monoisotopic (exact) mass is 292 g/mol. The quantitative estimate of drug-likeness (QED) is 0.809. The highest BCUT2D eigenvalue weighted by atomic mass is 16.4. The maximum absolute atomic E-state index is 12.1. The van der Waals surface area contributed by atoms with Crippen LogP contribution in [0.2, 0.25) is 0 Å². The van der Waals surface area contributed by atoms with E-state index in [0.717, 1.165) is 16.8 Å². The summed E-state index contributed by atoms with van der Waals surface area (Å²) in [5.74, 6) is -0.807. The first kappa shape index (κ1) is 17.2. The molecule has 0 bridgehead atoms. The molecule has 0 atom stereocenters. The van der Waals surface area contributed by atoms with Gasteiger partial charge in [0.05, 0.1) is 13.1 Å². The first-order chi connectivity index (χ1) is 9.77. The zero-order valence-electron chi connectivity index (χ0n) is 13.1. The lowest BCUT2D eigenvalue weighted by Gasteiger charge is -2.22. The molecule has 0 saturated heterocycles. The van der Waals surface area contributed by atoms with E-state index in [-0.39, 0.29) is 19.0 Å². The molecule has 1 rings (SSSR count). The molecule has 116 valence electrons. The van der Waals surface area contributed by atoms with Gasteiger partial charge in [-0.1, -0.05) is 26.0 Å². The van der Waals surface area contributed by atoms with E-state index < -0.39 is 5.97 Å². The first-order valence-corrected chi connectivity index (χ1v) is 7.09. The Bertz CT molecular complexity index is 512. The Morgan fingerprint density at radius 1 is 1.24 bits per heavy atom. The number of nitrogens with one attached hydrogen (secondary N) is 1. The molecular formula is C16H24N2O3. The fraction of sp³-hybridized carbons (Fsp3) is 0.500. The molecule has 0 heterocycles. The molecule has 1 amide bonds. The van der Waals surface area contributed by atoms with Gasteiger partial charge in [0.2, 0.25) is 5.91 Å². The van der Waals surface area contributed by atoms with Crippen molar-refractivity contribution in [2.45, 2.75) is 27.7 Å². The number of amides is 1. The third-order valence-corrected chi connectivity index (χ3v) is 3.02. The van der Waals surface area contributed by atoms with Gasteiger partial charge in [-0.3, -0.25) is 14.5 Å². The molecule has 0 aliphatic rings. The van der Waals surface area contributed by atoms with E-state index in [0.29, 0.717) is 12.5 Å². The van der Waals surface area contributed by atoms with E-state index in [1.54, 1.807) is 4.90 Å². The Kier molecular flexibility index (Phi) is 6.37. The highest BCUT2D eigenvalue weighted by Gasteiger charge is 2.15. The standard InChI is InChI=1S/C16H24N2O3/c1-11(2)8-18(10-16(20)21)9-15(19)17-14-7-12(3)5-6-13(14)4/h5-7,11H,8-10H2,1-4H3,(H,17,19)(H,20,21). The number of hydrogen-bond acceptors (Lipinski definition) is 3. The minimum absolute atomic E-state index is 0.0812. The van der Waals surface area contributed by atoms with Crippen molar-refractivity contribution in [2.24, 2.45) is 5.92 Å². The van der Waals surface area contributed by atoms with Crippen LogP contribution < -0.4 is 5.32 Å². The number of benzene rings is 1. The molecule has 0 unspecified atom stereocenters. The van der Waals surface area contributed by atoms with Crippen molar-refractivity contribution in [3.63, 3.8) is 0 Å². The molecule has 0 aliphatic heterocycles. The Morgan fingerprint density at radius 2 is 1.90 bits per heavy atom. The number of anilines is 1. The lowest BCUT2D eigenvalue weighted by atomic mass is 10.1. The third kappa shape index (κ3) is 6.40. The van der Waals surface area contributed by atoms with Crippen LogP contribution in [0.3, 0.4) is 0 Å². The largest absolute Gasteiger partial charge is 0.480 e. The number of nitrogens with zero attached hydrogens (tertiary/aromatic N) is 1. The summed E-state index contributed by atoms with van der Waals surface area (Å²) in [4.78, 5) is 24.6. The normalized spacial score (nSPS) is 11.0. The second-order valence-electron chi connectivity index (χ2n) is 5.82. The van der Waals surface area contributed by atoms with Gasteiger partial charge in [-0.15, -0.1) is 0 Å². The van der Waals surface area contributed by atoms with E-state index in [2.05, 4.69) is 5.32 Å². The van der Waals surface area contributed by atoms with Crippen LogP contribution in [0.4, 0.5) is 5.69 Å². The molecule has 1 aromatic carbocycles. The van der Waals surface area contributed by atoms with Crippen molar-refractivity contribution in [1.29, 1.82) is 0 Å². The average molecular weight is 292 g/mol. The van der Waals surface area contributed by atoms with Gasteiger partial charge in [-0.05, 0) is 37.0 Å². The molecule has 0 spiro atoms. The Labute approximate surface area is 126 Å². The zero-order chi connectivity index (χ0) is 16.0. The summed E-state index contributed by atoms with van der Waals surface area (Å²) in [5, 5.41) is 11.8. The van der Waals surface area contributed by atoms with E-state index in [4.69, 9.17) is 5.11 Å². The smallest absolute Gasteiger partial charge is 0.317 e. The van der Waals surface area contributed by atoms with Crippen molar-refractivity contribution < 1.29 is 14.7 Å². The number of carbonyl (C=O) groups is 2.